The number of amides is 1. The molecule has 5 nitrogen and oxygen atoms in total. The molecule has 2 heterocycles. The van der Waals surface area contributed by atoms with Gasteiger partial charge in [0.1, 0.15) is 11.3 Å². The Hall–Kier alpha value is -3.22. The van der Waals surface area contributed by atoms with Crippen molar-refractivity contribution in [3.63, 3.8) is 0 Å². The number of anilines is 1. The van der Waals surface area contributed by atoms with Crippen molar-refractivity contribution in [1.82, 2.24) is 9.97 Å². The summed E-state index contributed by atoms with van der Waals surface area (Å²) in [5.74, 6) is 0.517. The Morgan fingerprint density at radius 3 is 2.81 bits per heavy atom. The molecule has 0 N–H and O–H groups in total. The molecule has 0 aliphatic heterocycles. The number of rotatable bonds is 7. The average Bonchev–Trinajstić information content (AvgIpc) is 3.23. The minimum atomic E-state index is -0.194. The summed E-state index contributed by atoms with van der Waals surface area (Å²) in [6, 6.07) is 17.0. The van der Waals surface area contributed by atoms with Gasteiger partial charge in [0, 0.05) is 23.5 Å². The van der Waals surface area contributed by atoms with Crippen molar-refractivity contribution in [2.75, 3.05) is 11.5 Å². The molecule has 0 atom stereocenters. The summed E-state index contributed by atoms with van der Waals surface area (Å²) in [5.41, 5.74) is 2.44. The summed E-state index contributed by atoms with van der Waals surface area (Å²) in [6.07, 6.45) is 6.70. The van der Waals surface area contributed by atoms with E-state index >= 15 is 0 Å². The van der Waals surface area contributed by atoms with Crippen LogP contribution in [0.4, 0.5) is 5.13 Å². The fourth-order valence-electron chi connectivity index (χ4n) is 3.07. The molecule has 0 radical (unpaired) electrons. The number of carbonyl (C=O) groups is 1. The van der Waals surface area contributed by atoms with Crippen LogP contribution in [0.25, 0.3) is 16.3 Å². The van der Waals surface area contributed by atoms with E-state index in [1.165, 1.54) is 17.4 Å². The standard InChI is InChI=1S/C24H20ClN3O2S/c1-2-30-20-10-5-11-21-23(20)27-24(31-21)28(16-17-7-6-14-26-15-17)22(29)13-12-18-8-3-4-9-19(18)25/h3-15H,2,16H2,1H3/b13-12+. The fourth-order valence-corrected chi connectivity index (χ4v) is 4.26. The summed E-state index contributed by atoms with van der Waals surface area (Å²) in [4.78, 5) is 23.8. The van der Waals surface area contributed by atoms with Crippen molar-refractivity contribution >= 4 is 50.3 Å². The summed E-state index contributed by atoms with van der Waals surface area (Å²) in [5, 5.41) is 1.19. The SMILES string of the molecule is CCOc1cccc2sc(N(Cc3cccnc3)C(=O)/C=C/c3ccccc3Cl)nc12. The molecule has 0 aliphatic carbocycles. The molecule has 0 fully saturated rings. The highest BCUT2D eigenvalue weighted by Crippen LogP contribution is 2.35. The van der Waals surface area contributed by atoms with Crippen LogP contribution in [0.5, 0.6) is 5.75 Å². The molecule has 7 heteroatoms. The smallest absolute Gasteiger partial charge is 0.253 e. The Balaban J connectivity index is 1.71. The first-order chi connectivity index (χ1) is 15.2. The van der Waals surface area contributed by atoms with E-state index in [2.05, 4.69) is 4.98 Å². The Morgan fingerprint density at radius 1 is 1.16 bits per heavy atom. The third-order valence-electron chi connectivity index (χ3n) is 4.54. The number of benzene rings is 2. The van der Waals surface area contributed by atoms with Gasteiger partial charge in [0.25, 0.3) is 5.91 Å². The van der Waals surface area contributed by atoms with Crippen LogP contribution < -0.4 is 9.64 Å². The van der Waals surface area contributed by atoms with Gasteiger partial charge >= 0.3 is 0 Å². The normalized spacial score (nSPS) is 11.2. The molecule has 0 saturated heterocycles. The molecule has 2 aromatic carbocycles. The van der Waals surface area contributed by atoms with E-state index in [0.29, 0.717) is 29.1 Å². The van der Waals surface area contributed by atoms with Crippen molar-refractivity contribution < 1.29 is 9.53 Å². The molecule has 31 heavy (non-hydrogen) atoms. The van der Waals surface area contributed by atoms with Gasteiger partial charge in [-0.3, -0.25) is 14.7 Å². The molecule has 0 saturated carbocycles. The van der Waals surface area contributed by atoms with E-state index in [1.54, 1.807) is 29.4 Å². The van der Waals surface area contributed by atoms with E-state index in [-0.39, 0.29) is 5.91 Å². The molecule has 0 unspecified atom stereocenters. The number of ether oxygens (including phenoxy) is 1. The van der Waals surface area contributed by atoms with Crippen LogP contribution >= 0.6 is 22.9 Å². The maximum absolute atomic E-state index is 13.2. The molecule has 0 bridgehead atoms. The second kappa shape index (κ2) is 9.73. The van der Waals surface area contributed by atoms with Crippen LogP contribution in [-0.2, 0) is 11.3 Å². The fraction of sp³-hybridized carbons (Fsp3) is 0.125. The van der Waals surface area contributed by atoms with E-state index in [9.17, 15) is 4.79 Å². The molecule has 4 rings (SSSR count). The molecule has 2 aromatic heterocycles. The first-order valence-electron chi connectivity index (χ1n) is 9.81. The lowest BCUT2D eigenvalue weighted by Crippen LogP contribution is -2.28. The van der Waals surface area contributed by atoms with E-state index < -0.39 is 0 Å². The maximum atomic E-state index is 13.2. The first kappa shape index (κ1) is 21.0. The molecule has 0 aliphatic rings. The Labute approximate surface area is 189 Å². The van der Waals surface area contributed by atoms with Crippen molar-refractivity contribution in [2.45, 2.75) is 13.5 Å². The number of pyridine rings is 1. The van der Waals surface area contributed by atoms with Gasteiger partial charge in [-0.25, -0.2) is 4.98 Å². The highest BCUT2D eigenvalue weighted by molar-refractivity contribution is 7.22. The minimum Gasteiger partial charge on any atom is -0.492 e. The second-order valence-corrected chi connectivity index (χ2v) is 8.09. The Morgan fingerprint density at radius 2 is 2.03 bits per heavy atom. The number of thiazole rings is 1. The number of hydrogen-bond donors (Lipinski definition) is 0. The van der Waals surface area contributed by atoms with Crippen LogP contribution in [-0.4, -0.2) is 22.5 Å². The van der Waals surface area contributed by atoms with E-state index in [4.69, 9.17) is 21.3 Å². The molecule has 0 spiro atoms. The zero-order valence-electron chi connectivity index (χ0n) is 16.9. The largest absolute Gasteiger partial charge is 0.492 e. The van der Waals surface area contributed by atoms with E-state index in [0.717, 1.165) is 21.3 Å². The van der Waals surface area contributed by atoms with Crippen molar-refractivity contribution in [2.24, 2.45) is 0 Å². The lowest BCUT2D eigenvalue weighted by Gasteiger charge is -2.18. The van der Waals surface area contributed by atoms with Gasteiger partial charge in [-0.05, 0) is 48.4 Å². The van der Waals surface area contributed by atoms with Crippen LogP contribution in [0.1, 0.15) is 18.1 Å². The molecule has 4 aromatic rings. The third kappa shape index (κ3) is 4.93. The first-order valence-corrected chi connectivity index (χ1v) is 11.0. The molecule has 156 valence electrons. The zero-order chi connectivity index (χ0) is 21.6. The predicted octanol–water partition coefficient (Wildman–Crippen LogP) is 5.99. The summed E-state index contributed by atoms with van der Waals surface area (Å²) in [7, 11) is 0. The van der Waals surface area contributed by atoms with Gasteiger partial charge in [0.15, 0.2) is 5.13 Å². The van der Waals surface area contributed by atoms with Gasteiger partial charge in [-0.15, -0.1) is 0 Å². The summed E-state index contributed by atoms with van der Waals surface area (Å²) >= 11 is 7.68. The van der Waals surface area contributed by atoms with Crippen molar-refractivity contribution in [1.29, 1.82) is 0 Å². The molecular weight excluding hydrogens is 430 g/mol. The zero-order valence-corrected chi connectivity index (χ0v) is 18.4. The van der Waals surface area contributed by atoms with Gasteiger partial charge in [0.05, 0.1) is 17.9 Å². The van der Waals surface area contributed by atoms with E-state index in [1.807, 2.05) is 55.5 Å². The van der Waals surface area contributed by atoms with Crippen LogP contribution in [0.3, 0.4) is 0 Å². The Kier molecular flexibility index (Phi) is 6.60. The quantitative estimate of drug-likeness (QED) is 0.325. The highest BCUT2D eigenvalue weighted by Gasteiger charge is 2.20. The number of para-hydroxylation sites is 1. The number of nitrogens with zero attached hydrogens (tertiary/aromatic N) is 3. The van der Waals surface area contributed by atoms with Gasteiger partial charge in [-0.2, -0.15) is 0 Å². The maximum Gasteiger partial charge on any atom is 0.253 e. The minimum absolute atomic E-state index is 0.194. The number of halogens is 1. The summed E-state index contributed by atoms with van der Waals surface area (Å²) in [6.45, 7) is 2.83. The average molecular weight is 450 g/mol. The van der Waals surface area contributed by atoms with Crippen molar-refractivity contribution in [3.05, 3.63) is 89.2 Å². The van der Waals surface area contributed by atoms with Crippen LogP contribution in [0, 0.1) is 0 Å². The number of hydrogen-bond acceptors (Lipinski definition) is 5. The Bertz CT molecular complexity index is 1220. The summed E-state index contributed by atoms with van der Waals surface area (Å²) < 4.78 is 6.67. The monoisotopic (exact) mass is 449 g/mol. The van der Waals surface area contributed by atoms with Gasteiger partial charge in [-0.1, -0.05) is 53.3 Å². The number of carbonyl (C=O) groups excluding carboxylic acids is 1. The van der Waals surface area contributed by atoms with Gasteiger partial charge < -0.3 is 4.74 Å². The van der Waals surface area contributed by atoms with Gasteiger partial charge in [0.2, 0.25) is 0 Å². The van der Waals surface area contributed by atoms with Crippen LogP contribution in [0.2, 0.25) is 5.02 Å². The predicted molar refractivity (Wildman–Crippen MR) is 127 cm³/mol. The molecular formula is C24H20ClN3O2S. The lowest BCUT2D eigenvalue weighted by molar-refractivity contribution is -0.114. The third-order valence-corrected chi connectivity index (χ3v) is 5.93. The highest BCUT2D eigenvalue weighted by atomic mass is 35.5. The topological polar surface area (TPSA) is 55.3 Å². The lowest BCUT2D eigenvalue weighted by atomic mass is 10.2. The van der Waals surface area contributed by atoms with Crippen LogP contribution in [0.15, 0.2) is 73.1 Å². The van der Waals surface area contributed by atoms with Crippen molar-refractivity contribution in [3.8, 4) is 5.75 Å². The number of fused-ring (bicyclic) bond motifs is 1. The molecule has 1 amide bonds. The second-order valence-electron chi connectivity index (χ2n) is 6.67. The number of aromatic nitrogens is 2.